The van der Waals surface area contributed by atoms with E-state index in [2.05, 4.69) is 4.98 Å². The lowest BCUT2D eigenvalue weighted by Gasteiger charge is -2.14. The second kappa shape index (κ2) is 7.00. The molecule has 0 radical (unpaired) electrons. The van der Waals surface area contributed by atoms with Crippen molar-refractivity contribution in [3.63, 3.8) is 0 Å². The van der Waals surface area contributed by atoms with Crippen LogP contribution in [-0.2, 0) is 4.79 Å². The minimum absolute atomic E-state index is 0.0425. The van der Waals surface area contributed by atoms with Crippen LogP contribution in [0.5, 0.6) is 0 Å². The van der Waals surface area contributed by atoms with E-state index in [0.717, 1.165) is 22.9 Å². The van der Waals surface area contributed by atoms with E-state index in [4.69, 9.17) is 11.6 Å². The highest BCUT2D eigenvalue weighted by atomic mass is 35.5. The Morgan fingerprint density at radius 1 is 1.19 bits per heavy atom. The highest BCUT2D eigenvalue weighted by molar-refractivity contribution is 6.31. The van der Waals surface area contributed by atoms with Gasteiger partial charge < -0.3 is 14.8 Å². The second-order valence-electron chi connectivity index (χ2n) is 5.45. The molecule has 3 aromatic rings. The molecule has 0 spiro atoms. The number of aromatic carboxylic acids is 1. The summed E-state index contributed by atoms with van der Waals surface area (Å²) in [6.07, 6.45) is 5.03. The number of halogens is 2. The van der Waals surface area contributed by atoms with Crippen LogP contribution in [0.2, 0.25) is 5.02 Å². The van der Waals surface area contributed by atoms with Gasteiger partial charge in [0.15, 0.2) is 0 Å². The molecule has 1 aromatic carbocycles. The minimum Gasteiger partial charge on any atom is -0.477 e. The third-order valence-electron chi connectivity index (χ3n) is 3.76. The van der Waals surface area contributed by atoms with Gasteiger partial charge >= 0.3 is 11.9 Å². The second-order valence-corrected chi connectivity index (χ2v) is 5.85. The Hall–Kier alpha value is -3.52. The van der Waals surface area contributed by atoms with Gasteiger partial charge in [-0.25, -0.2) is 14.0 Å². The number of aromatic nitrogens is 2. The molecule has 0 aliphatic heterocycles. The van der Waals surface area contributed by atoms with Gasteiger partial charge in [-0.15, -0.1) is 0 Å². The molecule has 0 amide bonds. The lowest BCUT2D eigenvalue weighted by Crippen LogP contribution is -2.20. The van der Waals surface area contributed by atoms with E-state index in [1.54, 1.807) is 12.1 Å². The van der Waals surface area contributed by atoms with Crippen molar-refractivity contribution in [2.75, 3.05) is 0 Å². The Morgan fingerprint density at radius 2 is 1.85 bits per heavy atom. The SMILES string of the molecule is O=C(O)/C(=C/c1ccncc1)n1cc(C(=O)O)c(=O)c2cc(F)c(Cl)cc21. The number of nitrogens with zero attached hydrogens (tertiary/aromatic N) is 2. The molecular weight excluding hydrogens is 379 g/mol. The average molecular weight is 389 g/mol. The van der Waals surface area contributed by atoms with Gasteiger partial charge in [0, 0.05) is 24.0 Å². The first-order valence-corrected chi connectivity index (χ1v) is 7.80. The van der Waals surface area contributed by atoms with E-state index in [9.17, 15) is 29.0 Å². The number of pyridine rings is 2. The molecule has 7 nitrogen and oxygen atoms in total. The van der Waals surface area contributed by atoms with Crippen molar-refractivity contribution in [2.24, 2.45) is 0 Å². The van der Waals surface area contributed by atoms with E-state index in [-0.39, 0.29) is 21.6 Å². The summed E-state index contributed by atoms with van der Waals surface area (Å²) in [5.74, 6) is -3.89. The van der Waals surface area contributed by atoms with Gasteiger partial charge in [0.05, 0.1) is 10.5 Å². The number of benzene rings is 1. The van der Waals surface area contributed by atoms with Crippen LogP contribution in [0, 0.1) is 5.82 Å². The predicted molar refractivity (Wildman–Crippen MR) is 96.2 cm³/mol. The molecule has 0 atom stereocenters. The summed E-state index contributed by atoms with van der Waals surface area (Å²) in [5, 5.41) is 18.3. The van der Waals surface area contributed by atoms with Crippen molar-refractivity contribution in [3.05, 3.63) is 75.0 Å². The molecule has 2 aromatic heterocycles. The molecule has 0 aliphatic carbocycles. The number of fused-ring (bicyclic) bond motifs is 1. The van der Waals surface area contributed by atoms with Gasteiger partial charge in [0.1, 0.15) is 17.1 Å². The maximum Gasteiger partial charge on any atom is 0.352 e. The molecule has 0 saturated heterocycles. The van der Waals surface area contributed by atoms with E-state index in [0.29, 0.717) is 5.56 Å². The largest absolute Gasteiger partial charge is 0.477 e. The third kappa shape index (κ3) is 3.42. The normalized spacial score (nSPS) is 11.6. The zero-order chi connectivity index (χ0) is 19.7. The number of carbonyl (C=O) groups is 2. The Balaban J connectivity index is 2.44. The lowest BCUT2D eigenvalue weighted by molar-refractivity contribution is -0.130. The first-order valence-electron chi connectivity index (χ1n) is 7.42. The number of hydrogen-bond acceptors (Lipinski definition) is 4. The zero-order valence-electron chi connectivity index (χ0n) is 13.4. The molecule has 136 valence electrons. The van der Waals surface area contributed by atoms with Crippen LogP contribution in [0.4, 0.5) is 4.39 Å². The first kappa shape index (κ1) is 18.3. The molecule has 27 heavy (non-hydrogen) atoms. The number of rotatable bonds is 4. The summed E-state index contributed by atoms with van der Waals surface area (Å²) in [6, 6.07) is 4.94. The fourth-order valence-corrected chi connectivity index (χ4v) is 2.68. The van der Waals surface area contributed by atoms with Crippen LogP contribution in [0.1, 0.15) is 15.9 Å². The van der Waals surface area contributed by atoms with Gasteiger partial charge in [0.2, 0.25) is 5.43 Å². The zero-order valence-corrected chi connectivity index (χ0v) is 14.1. The van der Waals surface area contributed by atoms with Gasteiger partial charge in [-0.3, -0.25) is 9.78 Å². The fourth-order valence-electron chi connectivity index (χ4n) is 2.52. The van der Waals surface area contributed by atoms with E-state index in [1.165, 1.54) is 18.5 Å². The molecule has 0 unspecified atom stereocenters. The smallest absolute Gasteiger partial charge is 0.352 e. The van der Waals surface area contributed by atoms with Crippen molar-refractivity contribution >= 4 is 46.2 Å². The Kier molecular flexibility index (Phi) is 4.74. The summed E-state index contributed by atoms with van der Waals surface area (Å²) >= 11 is 5.78. The highest BCUT2D eigenvalue weighted by Gasteiger charge is 2.20. The maximum absolute atomic E-state index is 13.8. The molecule has 0 fully saturated rings. The van der Waals surface area contributed by atoms with Crippen molar-refractivity contribution < 1.29 is 24.2 Å². The molecule has 3 rings (SSSR count). The molecule has 9 heteroatoms. The first-order chi connectivity index (χ1) is 12.8. The standard InChI is InChI=1S/C18H10ClFN2O5/c19-12-7-14-10(6-13(12)20)16(23)11(17(24)25)8-22(14)15(18(26)27)5-9-1-3-21-4-2-9/h1-8H,(H,24,25)(H,26,27)/b15-5-. The average Bonchev–Trinajstić information content (AvgIpc) is 2.62. The Bertz CT molecular complexity index is 1170. The fraction of sp³-hybridized carbons (Fsp3) is 0. The molecule has 0 aliphatic rings. The van der Waals surface area contributed by atoms with Crippen molar-refractivity contribution in [3.8, 4) is 0 Å². The molecular formula is C18H10ClFN2O5. The summed E-state index contributed by atoms with van der Waals surface area (Å²) < 4.78 is 14.8. The molecule has 0 bridgehead atoms. The summed E-state index contributed by atoms with van der Waals surface area (Å²) in [4.78, 5) is 39.4. The molecule has 2 N–H and O–H groups in total. The Morgan fingerprint density at radius 3 is 2.44 bits per heavy atom. The topological polar surface area (TPSA) is 109 Å². The van der Waals surface area contributed by atoms with Gasteiger partial charge in [-0.2, -0.15) is 0 Å². The molecule has 0 saturated carbocycles. The maximum atomic E-state index is 13.8. The van der Waals surface area contributed by atoms with E-state index >= 15 is 0 Å². The number of hydrogen-bond donors (Lipinski definition) is 2. The van der Waals surface area contributed by atoms with Crippen LogP contribution in [0.25, 0.3) is 22.7 Å². The van der Waals surface area contributed by atoms with Gasteiger partial charge in [0.25, 0.3) is 0 Å². The summed E-state index contributed by atoms with van der Waals surface area (Å²) in [5.41, 5.74) is -1.58. The highest BCUT2D eigenvalue weighted by Crippen LogP contribution is 2.25. The van der Waals surface area contributed by atoms with Gasteiger partial charge in [-0.05, 0) is 35.9 Å². The summed E-state index contributed by atoms with van der Waals surface area (Å²) in [7, 11) is 0. The lowest BCUT2D eigenvalue weighted by atomic mass is 10.1. The van der Waals surface area contributed by atoms with Crippen LogP contribution in [0.3, 0.4) is 0 Å². The van der Waals surface area contributed by atoms with Crippen LogP contribution >= 0.6 is 11.6 Å². The monoisotopic (exact) mass is 388 g/mol. The van der Waals surface area contributed by atoms with Crippen molar-refractivity contribution in [1.82, 2.24) is 9.55 Å². The molecule has 2 heterocycles. The number of aliphatic carboxylic acids is 1. The van der Waals surface area contributed by atoms with Crippen LogP contribution < -0.4 is 5.43 Å². The third-order valence-corrected chi connectivity index (χ3v) is 4.05. The van der Waals surface area contributed by atoms with E-state index < -0.39 is 28.7 Å². The van der Waals surface area contributed by atoms with Gasteiger partial charge in [-0.1, -0.05) is 11.6 Å². The quantitative estimate of drug-likeness (QED) is 0.665. The predicted octanol–water partition coefficient (Wildman–Crippen LogP) is 2.97. The van der Waals surface area contributed by atoms with Crippen LogP contribution in [-0.4, -0.2) is 31.7 Å². The minimum atomic E-state index is -1.57. The number of carboxylic acids is 2. The number of carboxylic acid groups (broad SMARTS) is 2. The van der Waals surface area contributed by atoms with E-state index in [1.807, 2.05) is 0 Å². The van der Waals surface area contributed by atoms with Crippen molar-refractivity contribution in [1.29, 1.82) is 0 Å². The Labute approximate surface area is 155 Å². The van der Waals surface area contributed by atoms with Crippen LogP contribution in [0.15, 0.2) is 47.7 Å². The summed E-state index contributed by atoms with van der Waals surface area (Å²) in [6.45, 7) is 0. The van der Waals surface area contributed by atoms with Crippen molar-refractivity contribution in [2.45, 2.75) is 0 Å².